The van der Waals surface area contributed by atoms with Crippen LogP contribution in [0, 0.1) is 0 Å². The standard InChI is InChI=1S/C7H11N7/c8-2-1-5-14-7(11-12-13-14)6-9-3-4-10-6/h3-4H,1-2,5,8H2,(H,9,10). The summed E-state index contributed by atoms with van der Waals surface area (Å²) in [6.45, 7) is 1.33. The van der Waals surface area contributed by atoms with E-state index in [0.29, 0.717) is 24.7 Å². The van der Waals surface area contributed by atoms with E-state index in [1.807, 2.05) is 0 Å². The van der Waals surface area contributed by atoms with Crippen LogP contribution in [0.3, 0.4) is 0 Å². The summed E-state index contributed by atoms with van der Waals surface area (Å²) in [4.78, 5) is 7.03. The van der Waals surface area contributed by atoms with Crippen molar-refractivity contribution < 1.29 is 0 Å². The van der Waals surface area contributed by atoms with Crippen molar-refractivity contribution in [2.45, 2.75) is 13.0 Å². The molecule has 0 aromatic carbocycles. The van der Waals surface area contributed by atoms with Crippen molar-refractivity contribution in [1.29, 1.82) is 0 Å². The van der Waals surface area contributed by atoms with E-state index in [1.165, 1.54) is 0 Å². The van der Waals surface area contributed by atoms with Crippen LogP contribution in [-0.2, 0) is 6.54 Å². The zero-order valence-electron chi connectivity index (χ0n) is 7.59. The first-order valence-electron chi connectivity index (χ1n) is 4.38. The maximum absolute atomic E-state index is 5.41. The minimum atomic E-state index is 0.622. The van der Waals surface area contributed by atoms with Crippen LogP contribution in [0.25, 0.3) is 11.6 Å². The van der Waals surface area contributed by atoms with Crippen LogP contribution in [0.15, 0.2) is 12.4 Å². The SMILES string of the molecule is NCCCn1nnnc1-c1ncc[nH]1. The van der Waals surface area contributed by atoms with Crippen molar-refractivity contribution >= 4 is 0 Å². The Hall–Kier alpha value is -1.76. The molecule has 0 aliphatic heterocycles. The highest BCUT2D eigenvalue weighted by atomic mass is 15.5. The fourth-order valence-electron chi connectivity index (χ4n) is 1.15. The summed E-state index contributed by atoms with van der Waals surface area (Å²) in [5.41, 5.74) is 5.41. The lowest BCUT2D eigenvalue weighted by atomic mass is 10.4. The van der Waals surface area contributed by atoms with E-state index in [0.717, 1.165) is 6.42 Å². The van der Waals surface area contributed by atoms with Gasteiger partial charge < -0.3 is 10.7 Å². The molecule has 74 valence electrons. The number of rotatable bonds is 4. The van der Waals surface area contributed by atoms with Gasteiger partial charge in [-0.05, 0) is 23.4 Å². The van der Waals surface area contributed by atoms with Gasteiger partial charge in [0.1, 0.15) is 0 Å². The molecule has 0 spiro atoms. The van der Waals surface area contributed by atoms with Gasteiger partial charge in [0, 0.05) is 18.9 Å². The van der Waals surface area contributed by atoms with Gasteiger partial charge >= 0.3 is 0 Å². The molecule has 2 aromatic heterocycles. The summed E-state index contributed by atoms with van der Waals surface area (Å²) in [7, 11) is 0. The number of aromatic amines is 1. The molecule has 0 amide bonds. The van der Waals surface area contributed by atoms with Crippen LogP contribution < -0.4 is 5.73 Å². The monoisotopic (exact) mass is 193 g/mol. The Balaban J connectivity index is 2.22. The fourth-order valence-corrected chi connectivity index (χ4v) is 1.15. The van der Waals surface area contributed by atoms with Crippen molar-refractivity contribution in [2.24, 2.45) is 5.73 Å². The second-order valence-electron chi connectivity index (χ2n) is 2.81. The van der Waals surface area contributed by atoms with Crippen molar-refractivity contribution in [1.82, 2.24) is 30.2 Å². The van der Waals surface area contributed by atoms with Crippen LogP contribution in [-0.4, -0.2) is 36.7 Å². The van der Waals surface area contributed by atoms with Crippen LogP contribution in [0.4, 0.5) is 0 Å². The first-order chi connectivity index (χ1) is 6.92. The number of nitrogens with one attached hydrogen (secondary N) is 1. The lowest BCUT2D eigenvalue weighted by molar-refractivity contribution is 0.567. The molecule has 0 aliphatic carbocycles. The second-order valence-corrected chi connectivity index (χ2v) is 2.81. The normalized spacial score (nSPS) is 10.6. The van der Waals surface area contributed by atoms with Crippen LogP contribution in [0.5, 0.6) is 0 Å². The third-order valence-electron chi connectivity index (χ3n) is 1.82. The van der Waals surface area contributed by atoms with E-state index < -0.39 is 0 Å². The molecule has 0 unspecified atom stereocenters. The number of hydrogen-bond donors (Lipinski definition) is 2. The summed E-state index contributed by atoms with van der Waals surface area (Å²) in [6, 6.07) is 0. The number of imidazole rings is 1. The molecular formula is C7H11N7. The van der Waals surface area contributed by atoms with Gasteiger partial charge in [0.2, 0.25) is 5.82 Å². The quantitative estimate of drug-likeness (QED) is 0.676. The van der Waals surface area contributed by atoms with Gasteiger partial charge in [-0.15, -0.1) is 5.10 Å². The van der Waals surface area contributed by atoms with Crippen molar-refractivity contribution in [3.05, 3.63) is 12.4 Å². The smallest absolute Gasteiger partial charge is 0.217 e. The lowest BCUT2D eigenvalue weighted by Crippen LogP contribution is -2.08. The molecule has 0 aliphatic rings. The fraction of sp³-hybridized carbons (Fsp3) is 0.429. The zero-order valence-corrected chi connectivity index (χ0v) is 7.59. The van der Waals surface area contributed by atoms with Gasteiger partial charge in [-0.1, -0.05) is 0 Å². The highest BCUT2D eigenvalue weighted by Crippen LogP contribution is 2.08. The van der Waals surface area contributed by atoms with Gasteiger partial charge in [-0.3, -0.25) is 0 Å². The van der Waals surface area contributed by atoms with Crippen molar-refractivity contribution in [2.75, 3.05) is 6.54 Å². The maximum Gasteiger partial charge on any atom is 0.217 e. The number of aromatic nitrogens is 6. The molecule has 0 fully saturated rings. The summed E-state index contributed by atoms with van der Waals surface area (Å²) in [6.07, 6.45) is 4.24. The van der Waals surface area contributed by atoms with Crippen LogP contribution in [0.1, 0.15) is 6.42 Å². The van der Waals surface area contributed by atoms with Crippen LogP contribution >= 0.6 is 0 Å². The van der Waals surface area contributed by atoms with Crippen LogP contribution in [0.2, 0.25) is 0 Å². The molecule has 7 heteroatoms. The zero-order chi connectivity index (χ0) is 9.80. The molecule has 0 atom stereocenters. The first kappa shape index (κ1) is 8.82. The van der Waals surface area contributed by atoms with E-state index in [9.17, 15) is 0 Å². The molecule has 7 nitrogen and oxygen atoms in total. The predicted octanol–water partition coefficient (Wildman–Crippen LogP) is -0.588. The molecular weight excluding hydrogens is 182 g/mol. The van der Waals surface area contributed by atoms with Gasteiger partial charge in [0.05, 0.1) is 0 Å². The highest BCUT2D eigenvalue weighted by Gasteiger charge is 2.09. The number of nitrogens with zero attached hydrogens (tertiary/aromatic N) is 5. The van der Waals surface area contributed by atoms with E-state index in [4.69, 9.17) is 5.73 Å². The maximum atomic E-state index is 5.41. The number of H-pyrrole nitrogens is 1. The molecule has 0 radical (unpaired) electrons. The largest absolute Gasteiger partial charge is 0.342 e. The molecule has 0 saturated carbocycles. The Labute approximate surface area is 80.3 Å². The Kier molecular flexibility index (Phi) is 2.50. The average molecular weight is 193 g/mol. The molecule has 2 heterocycles. The van der Waals surface area contributed by atoms with Gasteiger partial charge in [0.25, 0.3) is 0 Å². The Morgan fingerprint density at radius 3 is 3.14 bits per heavy atom. The van der Waals surface area contributed by atoms with E-state index in [-0.39, 0.29) is 0 Å². The first-order valence-corrected chi connectivity index (χ1v) is 4.38. The Morgan fingerprint density at radius 1 is 1.50 bits per heavy atom. The van der Waals surface area contributed by atoms with Crippen molar-refractivity contribution in [3.8, 4) is 11.6 Å². The average Bonchev–Trinajstić information content (AvgIpc) is 2.84. The molecule has 0 bridgehead atoms. The van der Waals surface area contributed by atoms with Gasteiger partial charge in [0.15, 0.2) is 5.82 Å². The molecule has 0 saturated heterocycles. The highest BCUT2D eigenvalue weighted by molar-refractivity contribution is 5.40. The summed E-state index contributed by atoms with van der Waals surface area (Å²) >= 11 is 0. The Bertz CT molecular complexity index is 376. The molecule has 14 heavy (non-hydrogen) atoms. The molecule has 2 aromatic rings. The van der Waals surface area contributed by atoms with Crippen molar-refractivity contribution in [3.63, 3.8) is 0 Å². The number of nitrogens with two attached hydrogens (primary N) is 1. The van der Waals surface area contributed by atoms with E-state index in [2.05, 4.69) is 25.5 Å². The lowest BCUT2D eigenvalue weighted by Gasteiger charge is -1.99. The van der Waals surface area contributed by atoms with Gasteiger partial charge in [-0.2, -0.15) is 0 Å². The Morgan fingerprint density at radius 2 is 2.43 bits per heavy atom. The summed E-state index contributed by atoms with van der Waals surface area (Å²) in [5, 5.41) is 11.3. The molecule has 3 N–H and O–H groups in total. The number of tetrazole rings is 1. The minimum Gasteiger partial charge on any atom is -0.342 e. The third-order valence-corrected chi connectivity index (χ3v) is 1.82. The minimum absolute atomic E-state index is 0.622. The van der Waals surface area contributed by atoms with Gasteiger partial charge in [-0.25, -0.2) is 9.67 Å². The number of aryl methyl sites for hydroxylation is 1. The predicted molar refractivity (Wildman–Crippen MR) is 49.1 cm³/mol. The number of hydrogen-bond acceptors (Lipinski definition) is 5. The van der Waals surface area contributed by atoms with E-state index >= 15 is 0 Å². The molecule has 2 rings (SSSR count). The second kappa shape index (κ2) is 3.97. The summed E-state index contributed by atoms with van der Waals surface area (Å²) in [5.74, 6) is 1.32. The van der Waals surface area contributed by atoms with E-state index in [1.54, 1.807) is 17.1 Å². The third kappa shape index (κ3) is 1.62. The topological polar surface area (TPSA) is 98.3 Å². The summed E-state index contributed by atoms with van der Waals surface area (Å²) < 4.78 is 1.69.